The van der Waals surface area contributed by atoms with Crippen molar-refractivity contribution in [3.8, 4) is 11.5 Å². The summed E-state index contributed by atoms with van der Waals surface area (Å²) >= 11 is 6.14. The molecular formula is C16H19ClN2O6. The number of imide groups is 1. The van der Waals surface area contributed by atoms with E-state index in [1.54, 1.807) is 13.8 Å². The van der Waals surface area contributed by atoms with Crippen molar-refractivity contribution in [2.24, 2.45) is 11.7 Å². The van der Waals surface area contributed by atoms with E-state index in [0.717, 1.165) is 0 Å². The number of nitrogens with one attached hydrogen (secondary N) is 1. The van der Waals surface area contributed by atoms with Crippen molar-refractivity contribution >= 4 is 29.5 Å². The van der Waals surface area contributed by atoms with Gasteiger partial charge in [0.25, 0.3) is 5.91 Å². The normalized spacial score (nSPS) is 14.4. The van der Waals surface area contributed by atoms with E-state index in [1.165, 1.54) is 12.1 Å². The van der Waals surface area contributed by atoms with E-state index in [1.807, 2.05) is 5.32 Å². The molecule has 9 heteroatoms. The first-order valence-electron chi connectivity index (χ1n) is 7.70. The number of amides is 3. The Labute approximate surface area is 149 Å². The topological polar surface area (TPSA) is 117 Å². The molecule has 1 unspecified atom stereocenters. The number of primary amides is 1. The van der Waals surface area contributed by atoms with Gasteiger partial charge in [-0.2, -0.15) is 0 Å². The first-order valence-corrected chi connectivity index (χ1v) is 8.07. The predicted molar refractivity (Wildman–Crippen MR) is 88.8 cm³/mol. The van der Waals surface area contributed by atoms with Crippen molar-refractivity contribution in [3.05, 3.63) is 22.7 Å². The number of halogens is 1. The maximum absolute atomic E-state index is 12.4. The molecule has 3 amide bonds. The van der Waals surface area contributed by atoms with Gasteiger partial charge in [0.05, 0.1) is 23.8 Å². The van der Waals surface area contributed by atoms with Crippen LogP contribution in [-0.4, -0.2) is 37.2 Å². The monoisotopic (exact) mass is 370 g/mol. The summed E-state index contributed by atoms with van der Waals surface area (Å²) in [5, 5.41) is 2.11. The number of hydrogen-bond acceptors (Lipinski definition) is 6. The van der Waals surface area contributed by atoms with Crippen LogP contribution in [0.5, 0.6) is 11.5 Å². The van der Waals surface area contributed by atoms with Gasteiger partial charge >= 0.3 is 12.0 Å². The number of ether oxygens (including phenoxy) is 3. The molecule has 1 aliphatic rings. The Morgan fingerprint density at radius 2 is 1.92 bits per heavy atom. The van der Waals surface area contributed by atoms with Crippen LogP contribution in [0.3, 0.4) is 0 Å². The molecule has 1 aromatic rings. The maximum atomic E-state index is 12.4. The molecule has 1 aliphatic heterocycles. The minimum absolute atomic E-state index is 0.103. The smallest absolute Gasteiger partial charge is 0.339 e. The van der Waals surface area contributed by atoms with Crippen LogP contribution >= 0.6 is 11.6 Å². The second-order valence-corrected chi connectivity index (χ2v) is 6.17. The summed E-state index contributed by atoms with van der Waals surface area (Å²) in [7, 11) is 0. The highest BCUT2D eigenvalue weighted by Crippen LogP contribution is 2.38. The van der Waals surface area contributed by atoms with Gasteiger partial charge in [-0.25, -0.2) is 9.59 Å². The molecule has 0 aromatic heterocycles. The van der Waals surface area contributed by atoms with Crippen molar-refractivity contribution < 1.29 is 28.6 Å². The van der Waals surface area contributed by atoms with Gasteiger partial charge in [0.1, 0.15) is 0 Å². The van der Waals surface area contributed by atoms with E-state index in [-0.39, 0.29) is 16.5 Å². The number of fused-ring (bicyclic) bond motifs is 1. The maximum Gasteiger partial charge on any atom is 0.339 e. The van der Waals surface area contributed by atoms with Gasteiger partial charge in [0.2, 0.25) is 0 Å². The number of carbonyl (C=O) groups is 3. The molecule has 25 heavy (non-hydrogen) atoms. The molecule has 0 saturated heterocycles. The third-order valence-corrected chi connectivity index (χ3v) is 3.66. The fourth-order valence-electron chi connectivity index (χ4n) is 2.22. The quantitative estimate of drug-likeness (QED) is 0.781. The lowest BCUT2D eigenvalue weighted by Gasteiger charge is -2.20. The number of esters is 1. The Balaban J connectivity index is 2.21. The van der Waals surface area contributed by atoms with Crippen LogP contribution in [0.2, 0.25) is 5.02 Å². The zero-order chi connectivity index (χ0) is 18.6. The Morgan fingerprint density at radius 3 is 2.56 bits per heavy atom. The number of rotatable bonds is 4. The van der Waals surface area contributed by atoms with Gasteiger partial charge < -0.3 is 19.9 Å². The number of carbonyl (C=O) groups excluding carboxylic acids is 3. The minimum Gasteiger partial charge on any atom is -0.489 e. The Hall–Kier alpha value is -2.48. The Kier molecular flexibility index (Phi) is 6.08. The van der Waals surface area contributed by atoms with Crippen molar-refractivity contribution in [3.63, 3.8) is 0 Å². The molecule has 3 N–H and O–H groups in total. The third-order valence-electron chi connectivity index (χ3n) is 3.38. The summed E-state index contributed by atoms with van der Waals surface area (Å²) in [6.07, 6.45) is -0.497. The van der Waals surface area contributed by atoms with E-state index >= 15 is 0 Å². The SMILES string of the molecule is CC(C)C(OC(=O)c1cc(Cl)c2c(c1)OCCCO2)C(=O)NC(N)=O. The molecule has 0 fully saturated rings. The largest absolute Gasteiger partial charge is 0.489 e. The highest BCUT2D eigenvalue weighted by molar-refractivity contribution is 6.32. The lowest BCUT2D eigenvalue weighted by Crippen LogP contribution is -2.45. The van der Waals surface area contributed by atoms with Gasteiger partial charge in [-0.15, -0.1) is 0 Å². The number of benzene rings is 1. The second-order valence-electron chi connectivity index (χ2n) is 5.76. The van der Waals surface area contributed by atoms with Gasteiger partial charge in [-0.3, -0.25) is 10.1 Å². The Bertz CT molecular complexity index is 691. The molecule has 0 aliphatic carbocycles. The van der Waals surface area contributed by atoms with Gasteiger partial charge in [-0.05, 0) is 18.1 Å². The van der Waals surface area contributed by atoms with Crippen LogP contribution < -0.4 is 20.5 Å². The third kappa shape index (κ3) is 4.76. The molecule has 0 radical (unpaired) electrons. The fraction of sp³-hybridized carbons (Fsp3) is 0.438. The minimum atomic E-state index is -1.19. The molecule has 1 aromatic carbocycles. The van der Waals surface area contributed by atoms with E-state index in [2.05, 4.69) is 0 Å². The fourth-order valence-corrected chi connectivity index (χ4v) is 2.48. The van der Waals surface area contributed by atoms with E-state index < -0.39 is 24.0 Å². The molecule has 1 atom stereocenters. The zero-order valence-electron chi connectivity index (χ0n) is 13.8. The van der Waals surface area contributed by atoms with Crippen LogP contribution in [0.4, 0.5) is 4.79 Å². The average Bonchev–Trinajstić information content (AvgIpc) is 2.76. The summed E-state index contributed by atoms with van der Waals surface area (Å²) < 4.78 is 16.2. The first kappa shape index (κ1) is 18.9. The van der Waals surface area contributed by atoms with E-state index in [4.69, 9.17) is 31.5 Å². The second kappa shape index (κ2) is 8.06. The Morgan fingerprint density at radius 1 is 1.24 bits per heavy atom. The first-order chi connectivity index (χ1) is 11.8. The number of hydrogen-bond donors (Lipinski definition) is 2. The highest BCUT2D eigenvalue weighted by atomic mass is 35.5. The summed E-state index contributed by atoms with van der Waals surface area (Å²) in [6, 6.07) is 1.80. The van der Waals surface area contributed by atoms with Crippen molar-refractivity contribution in [1.82, 2.24) is 5.32 Å². The number of urea groups is 1. The standard InChI is InChI=1S/C16H19ClN2O6/c1-8(2)12(14(20)19-16(18)22)25-15(21)9-6-10(17)13-11(7-9)23-4-3-5-24-13/h6-8,12H,3-5H2,1-2H3,(H3,18,19,20,22). The van der Waals surface area contributed by atoms with Crippen LogP contribution in [0.25, 0.3) is 0 Å². The lowest BCUT2D eigenvalue weighted by atomic mass is 10.1. The molecule has 1 heterocycles. The zero-order valence-corrected chi connectivity index (χ0v) is 14.6. The molecule has 2 rings (SSSR count). The molecule has 0 spiro atoms. The summed E-state index contributed by atoms with van der Waals surface area (Å²) in [4.78, 5) is 35.2. The summed E-state index contributed by atoms with van der Waals surface area (Å²) in [5.74, 6) is -1.26. The van der Waals surface area contributed by atoms with Crippen LogP contribution in [0.1, 0.15) is 30.6 Å². The van der Waals surface area contributed by atoms with E-state index in [9.17, 15) is 14.4 Å². The predicted octanol–water partition coefficient (Wildman–Crippen LogP) is 1.88. The average molecular weight is 371 g/mol. The van der Waals surface area contributed by atoms with Gasteiger partial charge in [-0.1, -0.05) is 25.4 Å². The molecule has 0 bridgehead atoms. The summed E-state index contributed by atoms with van der Waals surface area (Å²) in [6.45, 7) is 4.22. The van der Waals surface area contributed by atoms with Crippen LogP contribution in [0, 0.1) is 5.92 Å². The summed E-state index contributed by atoms with van der Waals surface area (Å²) in [5.41, 5.74) is 5.03. The van der Waals surface area contributed by atoms with Crippen molar-refractivity contribution in [1.29, 1.82) is 0 Å². The van der Waals surface area contributed by atoms with Gasteiger partial charge in [0.15, 0.2) is 17.6 Å². The lowest BCUT2D eigenvalue weighted by molar-refractivity contribution is -0.130. The van der Waals surface area contributed by atoms with Crippen molar-refractivity contribution in [2.75, 3.05) is 13.2 Å². The van der Waals surface area contributed by atoms with Gasteiger partial charge in [0, 0.05) is 6.42 Å². The van der Waals surface area contributed by atoms with Crippen LogP contribution in [-0.2, 0) is 9.53 Å². The molecule has 136 valence electrons. The molecular weight excluding hydrogens is 352 g/mol. The van der Waals surface area contributed by atoms with E-state index in [0.29, 0.717) is 31.1 Å². The molecule has 0 saturated carbocycles. The van der Waals surface area contributed by atoms with Crippen LogP contribution in [0.15, 0.2) is 12.1 Å². The molecule has 8 nitrogen and oxygen atoms in total. The number of nitrogens with two attached hydrogens (primary N) is 1. The highest BCUT2D eigenvalue weighted by Gasteiger charge is 2.29. The van der Waals surface area contributed by atoms with Crippen molar-refractivity contribution in [2.45, 2.75) is 26.4 Å².